The number of fused-ring (bicyclic) bond motifs is 2. The number of cyclic esters (lactones) is 1. The first kappa shape index (κ1) is 14.2. The van der Waals surface area contributed by atoms with Crippen molar-refractivity contribution in [2.45, 2.75) is 51.1 Å². The highest BCUT2D eigenvalue weighted by molar-refractivity contribution is 5.72. The molecule has 0 N–H and O–H groups in total. The Balaban J connectivity index is 1.97. The van der Waals surface area contributed by atoms with Gasteiger partial charge in [-0.25, -0.2) is 4.79 Å². The molecule has 0 radical (unpaired) electrons. The van der Waals surface area contributed by atoms with Gasteiger partial charge in [-0.1, -0.05) is 38.3 Å². The molecule has 4 nitrogen and oxygen atoms in total. The molecule has 0 aromatic heterocycles. The third-order valence-corrected chi connectivity index (χ3v) is 4.59. The molecule has 2 atom stereocenters. The molecular formula is C17H23NO3. The van der Waals surface area contributed by atoms with Gasteiger partial charge in [0.1, 0.15) is 12.4 Å². The summed E-state index contributed by atoms with van der Waals surface area (Å²) in [6.07, 6.45) is 5.16. The lowest BCUT2D eigenvalue weighted by Gasteiger charge is -2.38. The van der Waals surface area contributed by atoms with Gasteiger partial charge in [0.25, 0.3) is 0 Å². The molecule has 1 aromatic carbocycles. The average Bonchev–Trinajstić information content (AvgIpc) is 2.87. The van der Waals surface area contributed by atoms with Gasteiger partial charge in [-0.15, -0.1) is 0 Å². The van der Waals surface area contributed by atoms with Crippen LogP contribution in [-0.4, -0.2) is 30.8 Å². The molecule has 2 heterocycles. The van der Waals surface area contributed by atoms with Crippen molar-refractivity contribution in [3.63, 3.8) is 0 Å². The van der Waals surface area contributed by atoms with Crippen LogP contribution in [-0.2, 0) is 11.2 Å². The van der Waals surface area contributed by atoms with Crippen molar-refractivity contribution >= 4 is 6.09 Å². The minimum Gasteiger partial charge on any atom is -0.496 e. The van der Waals surface area contributed by atoms with E-state index in [1.807, 2.05) is 17.0 Å². The van der Waals surface area contributed by atoms with Crippen LogP contribution in [0.25, 0.3) is 0 Å². The number of carbonyl (C=O) groups excluding carboxylic acids is 1. The van der Waals surface area contributed by atoms with Gasteiger partial charge in [-0.05, 0) is 24.5 Å². The van der Waals surface area contributed by atoms with E-state index >= 15 is 0 Å². The minimum absolute atomic E-state index is 0.0939. The third-order valence-electron chi connectivity index (χ3n) is 4.59. The van der Waals surface area contributed by atoms with Crippen LogP contribution >= 0.6 is 0 Å². The highest BCUT2D eigenvalue weighted by Gasteiger charge is 2.43. The summed E-state index contributed by atoms with van der Waals surface area (Å²) < 4.78 is 10.8. The second-order valence-corrected chi connectivity index (χ2v) is 5.89. The number of rotatable bonds is 5. The van der Waals surface area contributed by atoms with Crippen LogP contribution in [0.4, 0.5) is 4.79 Å². The van der Waals surface area contributed by atoms with Crippen LogP contribution in [0.15, 0.2) is 18.2 Å². The van der Waals surface area contributed by atoms with Gasteiger partial charge < -0.3 is 9.47 Å². The summed E-state index contributed by atoms with van der Waals surface area (Å²) in [7, 11) is 1.70. The predicted octanol–water partition coefficient (Wildman–Crippen LogP) is 3.69. The third kappa shape index (κ3) is 2.47. The molecule has 1 aromatic rings. The molecule has 0 spiro atoms. The van der Waals surface area contributed by atoms with Gasteiger partial charge in [0, 0.05) is 5.56 Å². The Morgan fingerprint density at radius 3 is 3.00 bits per heavy atom. The smallest absolute Gasteiger partial charge is 0.410 e. The van der Waals surface area contributed by atoms with Gasteiger partial charge in [0.15, 0.2) is 0 Å². The van der Waals surface area contributed by atoms with Crippen molar-refractivity contribution in [3.05, 3.63) is 29.3 Å². The molecule has 21 heavy (non-hydrogen) atoms. The van der Waals surface area contributed by atoms with Crippen molar-refractivity contribution < 1.29 is 14.3 Å². The lowest BCUT2D eigenvalue weighted by molar-refractivity contribution is 0.136. The van der Waals surface area contributed by atoms with Gasteiger partial charge in [-0.3, -0.25) is 4.90 Å². The Bertz CT molecular complexity index is 529. The van der Waals surface area contributed by atoms with Crippen molar-refractivity contribution in [3.8, 4) is 5.75 Å². The number of ether oxygens (including phenoxy) is 2. The maximum Gasteiger partial charge on any atom is 0.410 e. The molecule has 0 unspecified atom stereocenters. The van der Waals surface area contributed by atoms with E-state index in [0.29, 0.717) is 6.61 Å². The molecule has 3 rings (SSSR count). The van der Waals surface area contributed by atoms with Crippen molar-refractivity contribution in [2.75, 3.05) is 13.7 Å². The second-order valence-electron chi connectivity index (χ2n) is 5.89. The van der Waals surface area contributed by atoms with Gasteiger partial charge >= 0.3 is 6.09 Å². The van der Waals surface area contributed by atoms with E-state index in [1.165, 1.54) is 24.0 Å². The predicted molar refractivity (Wildman–Crippen MR) is 80.6 cm³/mol. The number of amides is 1. The second kappa shape index (κ2) is 5.96. The Morgan fingerprint density at radius 2 is 2.24 bits per heavy atom. The molecule has 1 fully saturated rings. The first-order valence-corrected chi connectivity index (χ1v) is 7.87. The lowest BCUT2D eigenvalue weighted by Crippen LogP contribution is -2.42. The normalized spacial score (nSPS) is 23.5. The summed E-state index contributed by atoms with van der Waals surface area (Å²) in [5, 5.41) is 0. The highest BCUT2D eigenvalue weighted by Crippen LogP contribution is 2.43. The zero-order valence-electron chi connectivity index (χ0n) is 12.8. The molecular weight excluding hydrogens is 266 g/mol. The van der Waals surface area contributed by atoms with Crippen molar-refractivity contribution in [2.24, 2.45) is 0 Å². The molecule has 0 aliphatic carbocycles. The largest absolute Gasteiger partial charge is 0.496 e. The van der Waals surface area contributed by atoms with Crippen LogP contribution in [0.5, 0.6) is 5.75 Å². The zero-order valence-corrected chi connectivity index (χ0v) is 12.8. The summed E-state index contributed by atoms with van der Waals surface area (Å²) in [5.41, 5.74) is 2.49. The Labute approximate surface area is 126 Å². The Morgan fingerprint density at radius 1 is 1.38 bits per heavy atom. The summed E-state index contributed by atoms with van der Waals surface area (Å²) >= 11 is 0. The maximum atomic E-state index is 12.1. The molecule has 0 bridgehead atoms. The van der Waals surface area contributed by atoms with E-state index in [-0.39, 0.29) is 18.2 Å². The van der Waals surface area contributed by atoms with E-state index in [1.54, 1.807) is 7.11 Å². The monoisotopic (exact) mass is 289 g/mol. The van der Waals surface area contributed by atoms with Crippen LogP contribution < -0.4 is 4.74 Å². The molecule has 1 amide bonds. The van der Waals surface area contributed by atoms with Crippen LogP contribution in [0.1, 0.15) is 49.8 Å². The van der Waals surface area contributed by atoms with Gasteiger partial charge in [0.05, 0.1) is 19.2 Å². The van der Waals surface area contributed by atoms with Crippen LogP contribution in [0.3, 0.4) is 0 Å². The average molecular weight is 289 g/mol. The number of methoxy groups -OCH3 is 1. The molecule has 0 saturated carbocycles. The van der Waals surface area contributed by atoms with Gasteiger partial charge in [0.2, 0.25) is 0 Å². The topological polar surface area (TPSA) is 38.8 Å². The van der Waals surface area contributed by atoms with Crippen LogP contribution in [0.2, 0.25) is 0 Å². The van der Waals surface area contributed by atoms with Crippen molar-refractivity contribution in [1.29, 1.82) is 0 Å². The Hall–Kier alpha value is -1.71. The van der Waals surface area contributed by atoms with Crippen LogP contribution in [0, 0.1) is 0 Å². The summed E-state index contributed by atoms with van der Waals surface area (Å²) in [6.45, 7) is 2.71. The van der Waals surface area contributed by atoms with Crippen molar-refractivity contribution in [1.82, 2.24) is 4.90 Å². The van der Waals surface area contributed by atoms with E-state index < -0.39 is 0 Å². The molecule has 2 aliphatic heterocycles. The standard InChI is InChI=1S/C17H23NO3/c1-3-4-5-8-14-16-12(7-6-9-15(16)20-2)10-13-11-21-17(19)18(13)14/h6-7,9,13-14H,3-5,8,10-11H2,1-2H3/t13-,14+/m0/s1. The first-order chi connectivity index (χ1) is 10.3. The quantitative estimate of drug-likeness (QED) is 0.776. The Kier molecular flexibility index (Phi) is 4.04. The summed E-state index contributed by atoms with van der Waals surface area (Å²) in [5.74, 6) is 0.896. The number of unbranched alkanes of at least 4 members (excludes halogenated alkanes) is 2. The molecule has 2 aliphatic rings. The zero-order chi connectivity index (χ0) is 14.8. The summed E-state index contributed by atoms with van der Waals surface area (Å²) in [6, 6.07) is 6.46. The van der Waals surface area contributed by atoms with E-state index in [2.05, 4.69) is 13.0 Å². The number of hydrogen-bond acceptors (Lipinski definition) is 3. The minimum atomic E-state index is -0.168. The maximum absolute atomic E-state index is 12.1. The fraction of sp³-hybridized carbons (Fsp3) is 0.588. The number of benzene rings is 1. The molecule has 1 saturated heterocycles. The lowest BCUT2D eigenvalue weighted by atomic mass is 9.86. The first-order valence-electron chi connectivity index (χ1n) is 7.87. The van der Waals surface area contributed by atoms with Gasteiger partial charge in [-0.2, -0.15) is 0 Å². The number of hydrogen-bond donors (Lipinski definition) is 0. The highest BCUT2D eigenvalue weighted by atomic mass is 16.6. The fourth-order valence-corrected chi connectivity index (χ4v) is 3.60. The summed E-state index contributed by atoms with van der Waals surface area (Å²) in [4.78, 5) is 14.1. The molecule has 4 heteroatoms. The van der Waals surface area contributed by atoms with E-state index in [9.17, 15) is 4.79 Å². The van der Waals surface area contributed by atoms with E-state index in [4.69, 9.17) is 9.47 Å². The number of nitrogens with zero attached hydrogens (tertiary/aromatic N) is 1. The fourth-order valence-electron chi connectivity index (χ4n) is 3.60. The molecule has 114 valence electrons. The SMILES string of the molecule is CCCCC[C@@H]1c2c(cccc2OC)C[C@H]2COC(=O)N21. The number of carbonyl (C=O) groups is 1. The van der Waals surface area contributed by atoms with E-state index in [0.717, 1.165) is 25.0 Å².